The molecule has 4 aromatic rings. The third-order valence-corrected chi connectivity index (χ3v) is 4.40. The minimum absolute atomic E-state index is 0.0244. The Balaban J connectivity index is 1.99. The van der Waals surface area contributed by atoms with Crippen LogP contribution in [-0.4, -0.2) is 15.2 Å². The Labute approximate surface area is 162 Å². The first-order valence-electron chi connectivity index (χ1n) is 7.88. The second-order valence-electron chi connectivity index (χ2n) is 5.95. The van der Waals surface area contributed by atoms with E-state index in [0.717, 1.165) is 24.3 Å². The Bertz CT molecular complexity index is 1370. The Morgan fingerprint density at radius 2 is 1.86 bits per heavy atom. The minimum Gasteiger partial charge on any atom is -0.508 e. The van der Waals surface area contributed by atoms with Gasteiger partial charge in [-0.15, -0.1) is 0 Å². The molecular weight excluding hydrogens is 417 g/mol. The normalized spacial score (nSPS) is 11.9. The van der Waals surface area contributed by atoms with Gasteiger partial charge < -0.3 is 9.52 Å². The molecule has 11 heteroatoms. The summed E-state index contributed by atoms with van der Waals surface area (Å²) in [5.41, 5.74) is -2.06. The van der Waals surface area contributed by atoms with Crippen LogP contribution < -0.4 is 11.2 Å². The average Bonchev–Trinajstić information content (AvgIpc) is 3.06. The first-order valence-corrected chi connectivity index (χ1v) is 8.26. The lowest BCUT2D eigenvalue weighted by Gasteiger charge is -2.13. The molecule has 7 nitrogen and oxygen atoms in total. The highest BCUT2D eigenvalue weighted by Gasteiger charge is 2.39. The number of phenolic OH excluding ortho intramolecular Hbond substituents is 1. The van der Waals surface area contributed by atoms with Crippen molar-refractivity contribution in [2.75, 3.05) is 0 Å². The van der Waals surface area contributed by atoms with Gasteiger partial charge in [-0.05, 0) is 29.8 Å². The highest BCUT2D eigenvalue weighted by molar-refractivity contribution is 6.33. The quantitative estimate of drug-likeness (QED) is 0.499. The van der Waals surface area contributed by atoms with E-state index >= 15 is 0 Å². The van der Waals surface area contributed by atoms with Crippen molar-refractivity contribution in [1.82, 2.24) is 10.1 Å². The van der Waals surface area contributed by atoms with Crippen molar-refractivity contribution in [1.29, 1.82) is 0 Å². The van der Waals surface area contributed by atoms with E-state index in [1.165, 1.54) is 12.1 Å². The summed E-state index contributed by atoms with van der Waals surface area (Å²) in [6.45, 7) is 0. The van der Waals surface area contributed by atoms with Gasteiger partial charge in [0, 0.05) is 11.6 Å². The van der Waals surface area contributed by atoms with E-state index in [2.05, 4.69) is 14.7 Å². The molecule has 0 unspecified atom stereocenters. The summed E-state index contributed by atoms with van der Waals surface area (Å²) in [6.07, 6.45) is -4.99. The number of aromatic hydroxyl groups is 1. The van der Waals surface area contributed by atoms with Gasteiger partial charge in [0.1, 0.15) is 11.3 Å². The molecule has 0 aliphatic heterocycles. The molecule has 0 bridgehead atoms. The van der Waals surface area contributed by atoms with E-state index in [4.69, 9.17) is 16.0 Å². The lowest BCUT2D eigenvalue weighted by molar-refractivity contribution is -0.152. The SMILES string of the molecule is O=c1[nH]c(-c2ccc(-c3c(C(F)(F)F)oc4cc(O)ccc4c3=O)cc2Cl)no1. The van der Waals surface area contributed by atoms with Crippen molar-refractivity contribution in [2.45, 2.75) is 6.18 Å². The number of H-pyrrole nitrogens is 1. The maximum atomic E-state index is 13.6. The number of aromatic nitrogens is 2. The monoisotopic (exact) mass is 424 g/mol. The van der Waals surface area contributed by atoms with Crippen LogP contribution in [0.4, 0.5) is 13.2 Å². The van der Waals surface area contributed by atoms with Crippen molar-refractivity contribution in [3.05, 3.63) is 68.0 Å². The van der Waals surface area contributed by atoms with Gasteiger partial charge in [-0.3, -0.25) is 14.3 Å². The predicted octanol–water partition coefficient (Wildman–Crippen LogP) is 4.18. The number of benzene rings is 2. The predicted molar refractivity (Wildman–Crippen MR) is 95.7 cm³/mol. The lowest BCUT2D eigenvalue weighted by atomic mass is 10.00. The molecule has 2 N–H and O–H groups in total. The van der Waals surface area contributed by atoms with Crippen molar-refractivity contribution in [3.63, 3.8) is 0 Å². The fourth-order valence-electron chi connectivity index (χ4n) is 2.85. The number of nitrogens with one attached hydrogen (secondary N) is 1. The zero-order valence-corrected chi connectivity index (χ0v) is 14.8. The second-order valence-corrected chi connectivity index (χ2v) is 6.36. The van der Waals surface area contributed by atoms with Crippen molar-refractivity contribution < 1.29 is 27.2 Å². The van der Waals surface area contributed by atoms with E-state index in [1.807, 2.05) is 0 Å². The number of hydrogen-bond acceptors (Lipinski definition) is 6. The Kier molecular flexibility index (Phi) is 4.23. The average molecular weight is 425 g/mol. The standard InChI is InChI=1S/C18H8ClF3N2O5/c19-11-5-7(1-3-9(11)16-23-17(27)29-24-16)13-14(26)10-4-2-8(25)6-12(10)28-15(13)18(20,21)22/h1-6,25H,(H,23,24,27). The van der Waals surface area contributed by atoms with Gasteiger partial charge >= 0.3 is 11.9 Å². The molecular formula is C18H8ClF3N2O5. The fraction of sp³-hybridized carbons (Fsp3) is 0.0556. The number of rotatable bonds is 2. The van der Waals surface area contributed by atoms with Crippen LogP contribution in [0.5, 0.6) is 5.75 Å². The fourth-order valence-corrected chi connectivity index (χ4v) is 3.12. The largest absolute Gasteiger partial charge is 0.508 e. The third-order valence-electron chi connectivity index (χ3n) is 4.09. The summed E-state index contributed by atoms with van der Waals surface area (Å²) in [5.74, 6) is -2.74. The van der Waals surface area contributed by atoms with Crippen LogP contribution in [0, 0.1) is 0 Å². The number of hydrogen-bond donors (Lipinski definition) is 2. The van der Waals surface area contributed by atoms with Crippen LogP contribution in [0.1, 0.15) is 5.76 Å². The first-order chi connectivity index (χ1) is 13.6. The number of alkyl halides is 3. The molecule has 0 amide bonds. The molecule has 2 aromatic carbocycles. The van der Waals surface area contributed by atoms with Crippen molar-refractivity contribution in [2.24, 2.45) is 0 Å². The molecule has 0 saturated heterocycles. The molecule has 2 heterocycles. The van der Waals surface area contributed by atoms with E-state index in [-0.39, 0.29) is 33.1 Å². The summed E-state index contributed by atoms with van der Waals surface area (Å²) >= 11 is 6.13. The van der Waals surface area contributed by atoms with Crippen LogP contribution in [0.15, 0.2) is 54.9 Å². The molecule has 0 atom stereocenters. The number of nitrogens with zero attached hydrogens (tertiary/aromatic N) is 1. The third kappa shape index (κ3) is 3.27. The molecule has 29 heavy (non-hydrogen) atoms. The number of halogens is 4. The molecule has 0 saturated carbocycles. The van der Waals surface area contributed by atoms with Gasteiger partial charge in [-0.2, -0.15) is 13.2 Å². The molecule has 2 aromatic heterocycles. The van der Waals surface area contributed by atoms with Crippen LogP contribution >= 0.6 is 11.6 Å². The maximum Gasteiger partial charge on any atom is 0.450 e. The summed E-state index contributed by atoms with van der Waals surface area (Å²) in [7, 11) is 0. The Morgan fingerprint density at radius 3 is 2.48 bits per heavy atom. The van der Waals surface area contributed by atoms with Gasteiger partial charge in [0.15, 0.2) is 5.82 Å². The van der Waals surface area contributed by atoms with Crippen LogP contribution in [0.25, 0.3) is 33.5 Å². The maximum absolute atomic E-state index is 13.6. The Morgan fingerprint density at radius 1 is 1.10 bits per heavy atom. The van der Waals surface area contributed by atoms with E-state index in [9.17, 15) is 27.9 Å². The summed E-state index contributed by atoms with van der Waals surface area (Å²) in [5, 5.41) is 12.7. The van der Waals surface area contributed by atoms with Gasteiger partial charge in [-0.25, -0.2) is 4.79 Å². The zero-order chi connectivity index (χ0) is 20.9. The topological polar surface area (TPSA) is 109 Å². The highest BCUT2D eigenvalue weighted by atomic mass is 35.5. The molecule has 0 fully saturated rings. The molecule has 4 rings (SSSR count). The molecule has 0 radical (unpaired) electrons. The van der Waals surface area contributed by atoms with Gasteiger partial charge in [-0.1, -0.05) is 22.8 Å². The molecule has 0 aliphatic carbocycles. The van der Waals surface area contributed by atoms with Gasteiger partial charge in [0.05, 0.1) is 16.0 Å². The molecule has 0 aliphatic rings. The van der Waals surface area contributed by atoms with E-state index in [0.29, 0.717) is 0 Å². The van der Waals surface area contributed by atoms with E-state index < -0.39 is 34.3 Å². The van der Waals surface area contributed by atoms with Crippen molar-refractivity contribution in [3.8, 4) is 28.3 Å². The van der Waals surface area contributed by atoms with Gasteiger partial charge in [0.2, 0.25) is 11.2 Å². The van der Waals surface area contributed by atoms with Crippen molar-refractivity contribution >= 4 is 22.6 Å². The van der Waals surface area contributed by atoms with Crippen LogP contribution in [0.2, 0.25) is 5.02 Å². The number of fused-ring (bicyclic) bond motifs is 1. The second kappa shape index (κ2) is 6.52. The lowest BCUT2D eigenvalue weighted by Crippen LogP contribution is -2.16. The first kappa shape index (κ1) is 18.8. The molecule has 148 valence electrons. The van der Waals surface area contributed by atoms with E-state index in [1.54, 1.807) is 0 Å². The summed E-state index contributed by atoms with van der Waals surface area (Å²) < 4.78 is 50.1. The summed E-state index contributed by atoms with van der Waals surface area (Å²) in [6, 6.07) is 6.86. The highest BCUT2D eigenvalue weighted by Crippen LogP contribution is 2.39. The minimum atomic E-state index is -4.99. The summed E-state index contributed by atoms with van der Waals surface area (Å²) in [4.78, 5) is 26.2. The van der Waals surface area contributed by atoms with Crippen LogP contribution in [0.3, 0.4) is 0 Å². The smallest absolute Gasteiger partial charge is 0.450 e. The zero-order valence-electron chi connectivity index (χ0n) is 14.0. The molecule has 0 spiro atoms. The van der Waals surface area contributed by atoms with Crippen LogP contribution in [-0.2, 0) is 6.18 Å². The Hall–Kier alpha value is -3.53. The van der Waals surface area contributed by atoms with Gasteiger partial charge in [0.25, 0.3) is 0 Å². The number of aromatic amines is 1. The number of phenols is 1.